The molecule has 1 aliphatic rings. The van der Waals surface area contributed by atoms with Crippen molar-refractivity contribution < 1.29 is 18.0 Å². The van der Waals surface area contributed by atoms with E-state index in [2.05, 4.69) is 17.2 Å². The minimum absolute atomic E-state index is 0.100. The highest BCUT2D eigenvalue weighted by atomic mass is 35.5. The van der Waals surface area contributed by atoms with Crippen LogP contribution in [0.3, 0.4) is 0 Å². The van der Waals surface area contributed by atoms with Crippen LogP contribution in [0.15, 0.2) is 24.4 Å². The monoisotopic (exact) mass is 370 g/mol. The highest BCUT2D eigenvalue weighted by molar-refractivity contribution is 6.38. The Bertz CT molecular complexity index is 799. The van der Waals surface area contributed by atoms with Crippen molar-refractivity contribution in [2.75, 3.05) is 0 Å². The van der Waals surface area contributed by atoms with Gasteiger partial charge in [0.2, 0.25) is 0 Å². The molecule has 1 saturated carbocycles. The van der Waals surface area contributed by atoms with Gasteiger partial charge in [0.15, 0.2) is 0 Å². The molecule has 0 radical (unpaired) electrons. The number of amides is 1. The molecule has 2 aromatic rings. The van der Waals surface area contributed by atoms with Crippen molar-refractivity contribution in [2.45, 2.75) is 44.8 Å². The summed E-state index contributed by atoms with van der Waals surface area (Å²) >= 11 is 6.26. The summed E-state index contributed by atoms with van der Waals surface area (Å²) in [5.74, 6) is 0.334. The Morgan fingerprint density at radius 1 is 1.24 bits per heavy atom. The molecule has 0 saturated heterocycles. The molecule has 1 heterocycles. The van der Waals surface area contributed by atoms with Gasteiger partial charge in [-0.05, 0) is 43.7 Å². The van der Waals surface area contributed by atoms with Crippen molar-refractivity contribution in [3.63, 3.8) is 0 Å². The van der Waals surface area contributed by atoms with E-state index in [1.165, 1.54) is 12.3 Å². The summed E-state index contributed by atoms with van der Waals surface area (Å²) in [5, 5.41) is 3.41. The topological polar surface area (TPSA) is 42.0 Å². The van der Waals surface area contributed by atoms with Crippen LogP contribution in [0, 0.1) is 5.92 Å². The maximum absolute atomic E-state index is 12.8. The first-order valence-corrected chi connectivity index (χ1v) is 8.60. The Balaban J connectivity index is 1.84. The van der Waals surface area contributed by atoms with Crippen LogP contribution >= 0.6 is 11.6 Å². The summed E-state index contributed by atoms with van der Waals surface area (Å²) in [6, 6.07) is 3.24. The van der Waals surface area contributed by atoms with Gasteiger partial charge in [0.05, 0.1) is 21.7 Å². The first kappa shape index (κ1) is 18.0. The number of carbonyl (C=O) groups excluding carboxylic acids is 1. The zero-order valence-electron chi connectivity index (χ0n) is 13.7. The van der Waals surface area contributed by atoms with Gasteiger partial charge in [0.1, 0.15) is 0 Å². The van der Waals surface area contributed by atoms with Gasteiger partial charge in [-0.25, -0.2) is 0 Å². The van der Waals surface area contributed by atoms with Gasteiger partial charge >= 0.3 is 6.18 Å². The van der Waals surface area contributed by atoms with Gasteiger partial charge in [-0.1, -0.05) is 24.6 Å². The number of pyridine rings is 1. The maximum Gasteiger partial charge on any atom is 0.416 e. The van der Waals surface area contributed by atoms with Gasteiger partial charge in [0.25, 0.3) is 5.91 Å². The zero-order chi connectivity index (χ0) is 18.2. The van der Waals surface area contributed by atoms with Crippen LogP contribution in [0.5, 0.6) is 0 Å². The van der Waals surface area contributed by atoms with Crippen LogP contribution in [-0.4, -0.2) is 16.9 Å². The minimum Gasteiger partial charge on any atom is -0.349 e. The number of hydrogen-bond acceptors (Lipinski definition) is 2. The smallest absolute Gasteiger partial charge is 0.349 e. The molecule has 0 bridgehead atoms. The van der Waals surface area contributed by atoms with Gasteiger partial charge in [-0.3, -0.25) is 9.78 Å². The average molecular weight is 371 g/mol. The highest BCUT2D eigenvalue weighted by Gasteiger charge is 2.31. The predicted octanol–water partition coefficient (Wildman–Crippen LogP) is 5.22. The first-order chi connectivity index (χ1) is 11.8. The number of nitrogens with one attached hydrogen (secondary N) is 1. The Kier molecular flexibility index (Phi) is 4.91. The number of aromatic nitrogens is 1. The Hall–Kier alpha value is -1.82. The second kappa shape index (κ2) is 6.83. The SMILES string of the molecule is C[C@H]1CC[C@H](NC(=O)c2cnc3cc(C(F)(F)F)ccc3c2Cl)CC1. The van der Waals surface area contributed by atoms with Crippen LogP contribution in [0.1, 0.15) is 48.5 Å². The maximum atomic E-state index is 12.8. The lowest BCUT2D eigenvalue weighted by Crippen LogP contribution is -2.37. The molecule has 7 heteroatoms. The molecule has 134 valence electrons. The molecule has 0 atom stereocenters. The predicted molar refractivity (Wildman–Crippen MR) is 90.6 cm³/mol. The van der Waals surface area contributed by atoms with E-state index in [9.17, 15) is 18.0 Å². The molecule has 1 amide bonds. The molecule has 1 aromatic heterocycles. The molecule has 0 spiro atoms. The van der Waals surface area contributed by atoms with Crippen molar-refractivity contribution >= 4 is 28.4 Å². The van der Waals surface area contributed by atoms with Crippen LogP contribution in [-0.2, 0) is 6.18 Å². The molecule has 1 N–H and O–H groups in total. The Morgan fingerprint density at radius 2 is 1.92 bits per heavy atom. The van der Waals surface area contributed by atoms with Crippen molar-refractivity contribution in [2.24, 2.45) is 5.92 Å². The number of alkyl halides is 3. The third-order valence-electron chi connectivity index (χ3n) is 4.73. The summed E-state index contributed by atoms with van der Waals surface area (Å²) in [7, 11) is 0. The van der Waals surface area contributed by atoms with Crippen LogP contribution < -0.4 is 5.32 Å². The molecule has 1 aromatic carbocycles. The number of fused-ring (bicyclic) bond motifs is 1. The fraction of sp³-hybridized carbons (Fsp3) is 0.444. The van der Waals surface area contributed by atoms with Gasteiger partial charge in [-0.15, -0.1) is 0 Å². The number of nitrogens with zero attached hydrogens (tertiary/aromatic N) is 1. The van der Waals surface area contributed by atoms with E-state index < -0.39 is 11.7 Å². The summed E-state index contributed by atoms with van der Waals surface area (Å²) in [4.78, 5) is 16.5. The van der Waals surface area contributed by atoms with Crippen molar-refractivity contribution in [1.82, 2.24) is 10.3 Å². The normalized spacial score (nSPS) is 21.3. The minimum atomic E-state index is -4.45. The molecule has 0 unspecified atom stereocenters. The number of benzene rings is 1. The molecular formula is C18H18ClF3N2O. The van der Waals surface area contributed by atoms with Crippen LogP contribution in [0.25, 0.3) is 10.9 Å². The van der Waals surface area contributed by atoms with E-state index in [1.54, 1.807) is 0 Å². The standard InChI is InChI=1S/C18H18ClF3N2O/c1-10-2-5-12(6-3-10)24-17(25)14-9-23-15-8-11(18(20,21)22)4-7-13(15)16(14)19/h4,7-10,12H,2-3,5-6H2,1H3,(H,24,25)/t10-,12-. The lowest BCUT2D eigenvalue weighted by Gasteiger charge is -2.27. The van der Waals surface area contributed by atoms with E-state index in [4.69, 9.17) is 11.6 Å². The largest absolute Gasteiger partial charge is 0.416 e. The summed E-state index contributed by atoms with van der Waals surface area (Å²) in [5.41, 5.74) is -0.493. The van der Waals surface area contributed by atoms with E-state index in [1.807, 2.05) is 0 Å². The fourth-order valence-corrected chi connectivity index (χ4v) is 3.46. The molecule has 3 nitrogen and oxygen atoms in total. The van der Waals surface area contributed by atoms with Gasteiger partial charge < -0.3 is 5.32 Å². The number of hydrogen-bond donors (Lipinski definition) is 1. The average Bonchev–Trinajstić information content (AvgIpc) is 2.56. The van der Waals surface area contributed by atoms with Crippen molar-refractivity contribution in [3.05, 3.63) is 40.5 Å². The third-order valence-corrected chi connectivity index (χ3v) is 5.13. The van der Waals surface area contributed by atoms with Gasteiger partial charge in [-0.2, -0.15) is 13.2 Å². The van der Waals surface area contributed by atoms with Crippen LogP contribution in [0.2, 0.25) is 5.02 Å². The van der Waals surface area contributed by atoms with Crippen LogP contribution in [0.4, 0.5) is 13.2 Å². The van der Waals surface area contributed by atoms with E-state index >= 15 is 0 Å². The van der Waals surface area contributed by atoms with Gasteiger partial charge in [0, 0.05) is 17.6 Å². The molecule has 1 aliphatic carbocycles. The highest BCUT2D eigenvalue weighted by Crippen LogP contribution is 2.33. The molecule has 25 heavy (non-hydrogen) atoms. The molecule has 3 rings (SSSR count). The first-order valence-electron chi connectivity index (χ1n) is 8.22. The fourth-order valence-electron chi connectivity index (χ4n) is 3.16. The summed E-state index contributed by atoms with van der Waals surface area (Å²) in [6.07, 6.45) is 0.757. The summed E-state index contributed by atoms with van der Waals surface area (Å²) in [6.45, 7) is 2.19. The summed E-state index contributed by atoms with van der Waals surface area (Å²) < 4.78 is 38.4. The lowest BCUT2D eigenvalue weighted by atomic mass is 9.87. The number of rotatable bonds is 2. The second-order valence-electron chi connectivity index (χ2n) is 6.65. The van der Waals surface area contributed by atoms with E-state index in [0.29, 0.717) is 11.3 Å². The quantitative estimate of drug-likeness (QED) is 0.787. The second-order valence-corrected chi connectivity index (χ2v) is 7.02. The van der Waals surface area contributed by atoms with Crippen molar-refractivity contribution in [3.8, 4) is 0 Å². The zero-order valence-corrected chi connectivity index (χ0v) is 14.4. The molecule has 1 fully saturated rings. The molecular weight excluding hydrogens is 353 g/mol. The van der Waals surface area contributed by atoms with E-state index in [-0.39, 0.29) is 28.1 Å². The number of carbonyl (C=O) groups is 1. The lowest BCUT2D eigenvalue weighted by molar-refractivity contribution is -0.137. The molecule has 0 aliphatic heterocycles. The number of halogens is 4. The Morgan fingerprint density at radius 3 is 2.56 bits per heavy atom. The Labute approximate surface area is 148 Å². The van der Waals surface area contributed by atoms with E-state index in [0.717, 1.165) is 37.8 Å². The third kappa shape index (κ3) is 3.89. The van der Waals surface area contributed by atoms with Crippen molar-refractivity contribution in [1.29, 1.82) is 0 Å².